The Labute approximate surface area is 144 Å². The minimum absolute atomic E-state index is 0.0804. The molecule has 3 nitrogen and oxygen atoms in total. The summed E-state index contributed by atoms with van der Waals surface area (Å²) in [7, 11) is 0. The maximum Gasteiger partial charge on any atom is 0.344 e. The van der Waals surface area contributed by atoms with Gasteiger partial charge in [0, 0.05) is 0 Å². The van der Waals surface area contributed by atoms with Gasteiger partial charge in [-0.15, -0.1) is 0 Å². The highest BCUT2D eigenvalue weighted by Crippen LogP contribution is 2.22. The van der Waals surface area contributed by atoms with Crippen LogP contribution in [0.4, 0.5) is 0 Å². The van der Waals surface area contributed by atoms with Crippen LogP contribution in [0.3, 0.4) is 0 Å². The van der Waals surface area contributed by atoms with Gasteiger partial charge in [0.15, 0.2) is 6.61 Å². The van der Waals surface area contributed by atoms with Gasteiger partial charge in [-0.05, 0) is 53.6 Å². The van der Waals surface area contributed by atoms with E-state index in [2.05, 4.69) is 39.0 Å². The van der Waals surface area contributed by atoms with E-state index in [-0.39, 0.29) is 24.6 Å². The van der Waals surface area contributed by atoms with Crippen molar-refractivity contribution in [3.05, 3.63) is 64.7 Å². The minimum Gasteiger partial charge on any atom is -0.482 e. The smallest absolute Gasteiger partial charge is 0.344 e. The second-order valence-corrected chi connectivity index (χ2v) is 7.22. The predicted octanol–water partition coefficient (Wildman–Crippen LogP) is 4.72. The zero-order valence-corrected chi connectivity index (χ0v) is 15.2. The molecule has 128 valence electrons. The number of esters is 1. The maximum absolute atomic E-state index is 11.8. The first kappa shape index (κ1) is 18.1. The van der Waals surface area contributed by atoms with Gasteiger partial charge in [0.05, 0.1) is 0 Å². The van der Waals surface area contributed by atoms with Gasteiger partial charge < -0.3 is 9.47 Å². The van der Waals surface area contributed by atoms with E-state index in [9.17, 15) is 4.79 Å². The molecule has 0 saturated heterocycles. The quantitative estimate of drug-likeness (QED) is 0.746. The van der Waals surface area contributed by atoms with E-state index in [1.807, 2.05) is 38.1 Å². The zero-order valence-electron chi connectivity index (χ0n) is 15.2. The Kier molecular flexibility index (Phi) is 5.66. The monoisotopic (exact) mass is 326 g/mol. The summed E-state index contributed by atoms with van der Waals surface area (Å²) in [6.45, 7) is 10.7. The number of ether oxygens (including phenoxy) is 2. The van der Waals surface area contributed by atoms with E-state index in [1.54, 1.807) is 0 Å². The highest BCUT2D eigenvalue weighted by atomic mass is 16.6. The van der Waals surface area contributed by atoms with Crippen LogP contribution in [0.25, 0.3) is 0 Å². The lowest BCUT2D eigenvalue weighted by Crippen LogP contribution is -2.15. The number of aryl methyl sites for hydroxylation is 2. The summed E-state index contributed by atoms with van der Waals surface area (Å²) < 4.78 is 10.8. The first-order valence-electron chi connectivity index (χ1n) is 8.20. The molecule has 0 N–H and O–H groups in total. The van der Waals surface area contributed by atoms with Crippen molar-refractivity contribution in [3.8, 4) is 5.75 Å². The van der Waals surface area contributed by atoms with Crippen molar-refractivity contribution in [2.45, 2.75) is 46.6 Å². The van der Waals surface area contributed by atoms with Gasteiger partial charge in [0.2, 0.25) is 0 Å². The summed E-state index contributed by atoms with van der Waals surface area (Å²) in [5.41, 5.74) is 4.57. The highest BCUT2D eigenvalue weighted by Gasteiger charge is 2.13. The molecule has 0 spiro atoms. The molecule has 2 aromatic rings. The van der Waals surface area contributed by atoms with Crippen molar-refractivity contribution < 1.29 is 14.3 Å². The summed E-state index contributed by atoms with van der Waals surface area (Å²) in [6.07, 6.45) is 0. The SMILES string of the molecule is Cc1cc(C)cc(OCC(=O)OCc2ccc(C(C)(C)C)cc2)c1. The second-order valence-electron chi connectivity index (χ2n) is 7.22. The first-order valence-corrected chi connectivity index (χ1v) is 8.20. The standard InChI is InChI=1S/C21H26O3/c1-15-10-16(2)12-19(11-15)23-14-20(22)24-13-17-6-8-18(9-7-17)21(3,4)5/h6-12H,13-14H2,1-5H3. The molecule has 0 atom stereocenters. The van der Waals surface area contributed by atoms with Crippen molar-refractivity contribution in [1.29, 1.82) is 0 Å². The van der Waals surface area contributed by atoms with Gasteiger partial charge in [-0.25, -0.2) is 4.79 Å². The predicted molar refractivity (Wildman–Crippen MR) is 96.3 cm³/mol. The Morgan fingerprint density at radius 3 is 2.08 bits per heavy atom. The topological polar surface area (TPSA) is 35.5 Å². The molecular weight excluding hydrogens is 300 g/mol. The summed E-state index contributed by atoms with van der Waals surface area (Å²) in [5, 5.41) is 0. The molecule has 0 aliphatic heterocycles. The van der Waals surface area contributed by atoms with Crippen LogP contribution in [-0.4, -0.2) is 12.6 Å². The third kappa shape index (κ3) is 5.41. The second kappa shape index (κ2) is 7.52. The zero-order chi connectivity index (χ0) is 17.7. The molecule has 0 heterocycles. The number of carbonyl (C=O) groups excluding carboxylic acids is 1. The number of hydrogen-bond donors (Lipinski definition) is 0. The highest BCUT2D eigenvalue weighted by molar-refractivity contribution is 5.71. The fraction of sp³-hybridized carbons (Fsp3) is 0.381. The molecular formula is C21H26O3. The average molecular weight is 326 g/mol. The van der Waals surface area contributed by atoms with E-state index in [0.29, 0.717) is 5.75 Å². The molecule has 0 amide bonds. The number of benzene rings is 2. The lowest BCUT2D eigenvalue weighted by atomic mass is 9.87. The first-order chi connectivity index (χ1) is 11.2. The molecule has 2 rings (SSSR count). The Morgan fingerprint density at radius 2 is 1.54 bits per heavy atom. The van der Waals surface area contributed by atoms with E-state index >= 15 is 0 Å². The molecule has 0 aliphatic carbocycles. The van der Waals surface area contributed by atoms with Crippen LogP contribution >= 0.6 is 0 Å². The summed E-state index contributed by atoms with van der Waals surface area (Å²) in [5.74, 6) is 0.327. The molecule has 3 heteroatoms. The van der Waals surface area contributed by atoms with E-state index in [4.69, 9.17) is 9.47 Å². The fourth-order valence-corrected chi connectivity index (χ4v) is 2.46. The van der Waals surface area contributed by atoms with Gasteiger partial charge in [0.25, 0.3) is 0 Å². The van der Waals surface area contributed by atoms with E-state index in [1.165, 1.54) is 5.56 Å². The van der Waals surface area contributed by atoms with Crippen molar-refractivity contribution in [2.75, 3.05) is 6.61 Å². The summed E-state index contributed by atoms with van der Waals surface area (Å²) in [4.78, 5) is 11.8. The van der Waals surface area contributed by atoms with Crippen LogP contribution in [0.15, 0.2) is 42.5 Å². The molecule has 24 heavy (non-hydrogen) atoms. The lowest BCUT2D eigenvalue weighted by Gasteiger charge is -2.19. The van der Waals surface area contributed by atoms with Crippen molar-refractivity contribution in [1.82, 2.24) is 0 Å². The van der Waals surface area contributed by atoms with Crippen LogP contribution in [0.1, 0.15) is 43.0 Å². The Hall–Kier alpha value is -2.29. The van der Waals surface area contributed by atoms with Crippen molar-refractivity contribution in [3.63, 3.8) is 0 Å². The van der Waals surface area contributed by atoms with Crippen molar-refractivity contribution >= 4 is 5.97 Å². The largest absolute Gasteiger partial charge is 0.482 e. The lowest BCUT2D eigenvalue weighted by molar-refractivity contribution is -0.147. The third-order valence-corrected chi connectivity index (χ3v) is 3.77. The van der Waals surface area contributed by atoms with E-state index in [0.717, 1.165) is 16.7 Å². The fourth-order valence-electron chi connectivity index (χ4n) is 2.46. The minimum atomic E-state index is -0.367. The van der Waals surface area contributed by atoms with Crippen LogP contribution < -0.4 is 4.74 Å². The molecule has 0 bridgehead atoms. The van der Waals surface area contributed by atoms with Crippen LogP contribution in [0.2, 0.25) is 0 Å². The van der Waals surface area contributed by atoms with Crippen LogP contribution in [-0.2, 0) is 21.6 Å². The Balaban J connectivity index is 1.82. The summed E-state index contributed by atoms with van der Waals surface area (Å²) in [6, 6.07) is 14.0. The Morgan fingerprint density at radius 1 is 0.958 bits per heavy atom. The summed E-state index contributed by atoms with van der Waals surface area (Å²) >= 11 is 0. The van der Waals surface area contributed by atoms with Crippen molar-refractivity contribution in [2.24, 2.45) is 0 Å². The Bertz CT molecular complexity index is 674. The van der Waals surface area contributed by atoms with E-state index < -0.39 is 0 Å². The maximum atomic E-state index is 11.8. The number of carbonyl (C=O) groups is 1. The molecule has 2 aromatic carbocycles. The molecule has 0 aromatic heterocycles. The van der Waals surface area contributed by atoms with Crippen LogP contribution in [0, 0.1) is 13.8 Å². The molecule has 0 unspecified atom stereocenters. The molecule has 0 saturated carbocycles. The molecule has 0 radical (unpaired) electrons. The van der Waals surface area contributed by atoms with Gasteiger partial charge in [0.1, 0.15) is 12.4 Å². The molecule has 0 fully saturated rings. The normalized spacial score (nSPS) is 11.2. The number of rotatable bonds is 5. The van der Waals surface area contributed by atoms with Gasteiger partial charge >= 0.3 is 5.97 Å². The van der Waals surface area contributed by atoms with Gasteiger partial charge in [-0.3, -0.25) is 0 Å². The van der Waals surface area contributed by atoms with Crippen LogP contribution in [0.5, 0.6) is 5.75 Å². The van der Waals surface area contributed by atoms with Gasteiger partial charge in [-0.1, -0.05) is 51.1 Å². The molecule has 0 aliphatic rings. The van der Waals surface area contributed by atoms with Gasteiger partial charge in [-0.2, -0.15) is 0 Å². The average Bonchev–Trinajstić information content (AvgIpc) is 2.49. The third-order valence-electron chi connectivity index (χ3n) is 3.77. The number of hydrogen-bond acceptors (Lipinski definition) is 3.